The fraction of sp³-hybridized carbons (Fsp3) is 0.304. The molecule has 1 unspecified atom stereocenters. The summed E-state index contributed by atoms with van der Waals surface area (Å²) in [7, 11) is 0. The number of rotatable bonds is 6. The van der Waals surface area contributed by atoms with Gasteiger partial charge in [-0.1, -0.05) is 54.6 Å². The number of carbonyl (C=O) groups excluding carboxylic acids is 1. The van der Waals surface area contributed by atoms with E-state index in [0.29, 0.717) is 31.2 Å². The van der Waals surface area contributed by atoms with Crippen LogP contribution >= 0.6 is 0 Å². The van der Waals surface area contributed by atoms with Gasteiger partial charge in [-0.2, -0.15) is 0 Å². The molecule has 1 heterocycles. The van der Waals surface area contributed by atoms with E-state index in [1.807, 2.05) is 30.3 Å². The van der Waals surface area contributed by atoms with Crippen LogP contribution in [0.2, 0.25) is 0 Å². The number of hydrogen-bond acceptors (Lipinski definition) is 3. The summed E-state index contributed by atoms with van der Waals surface area (Å²) in [6.45, 7) is 0.705. The summed E-state index contributed by atoms with van der Waals surface area (Å²) in [5.74, 6) is 1.82. The van der Waals surface area contributed by atoms with Crippen molar-refractivity contribution < 1.29 is 9.21 Å². The van der Waals surface area contributed by atoms with Crippen molar-refractivity contribution in [2.45, 2.75) is 38.0 Å². The van der Waals surface area contributed by atoms with Crippen LogP contribution in [0.3, 0.4) is 0 Å². The first-order valence-corrected chi connectivity index (χ1v) is 9.64. The number of aromatic nitrogens is 1. The van der Waals surface area contributed by atoms with Crippen LogP contribution in [0.15, 0.2) is 65.2 Å². The fourth-order valence-electron chi connectivity index (χ4n) is 3.77. The molecule has 0 aliphatic heterocycles. The van der Waals surface area contributed by atoms with Gasteiger partial charge in [-0.3, -0.25) is 4.79 Å². The van der Waals surface area contributed by atoms with Crippen LogP contribution in [-0.2, 0) is 17.6 Å². The summed E-state index contributed by atoms with van der Waals surface area (Å²) in [6.07, 6.45) is 6.10. The lowest BCUT2D eigenvalue weighted by Gasteiger charge is -2.25. The minimum absolute atomic E-state index is 0.0533. The maximum absolute atomic E-state index is 12.3. The number of hydrogen-bond donors (Lipinski definition) is 1. The molecule has 2 aromatic carbocycles. The highest BCUT2D eigenvalue weighted by atomic mass is 16.4. The smallest absolute Gasteiger partial charge is 0.220 e. The number of amides is 1. The molecule has 4 nitrogen and oxygen atoms in total. The van der Waals surface area contributed by atoms with Gasteiger partial charge in [0.1, 0.15) is 0 Å². The van der Waals surface area contributed by atoms with Crippen LogP contribution in [0, 0.1) is 0 Å². The molecule has 4 rings (SSSR count). The van der Waals surface area contributed by atoms with Gasteiger partial charge < -0.3 is 9.73 Å². The van der Waals surface area contributed by atoms with Gasteiger partial charge in [-0.25, -0.2) is 4.98 Å². The third kappa shape index (κ3) is 4.27. The molecule has 1 N–H and O–H groups in total. The summed E-state index contributed by atoms with van der Waals surface area (Å²) in [5.41, 5.74) is 3.82. The number of nitrogens with zero attached hydrogens (tertiary/aromatic N) is 1. The molecule has 1 aliphatic carbocycles. The molecule has 138 valence electrons. The molecule has 1 amide bonds. The fourth-order valence-corrected chi connectivity index (χ4v) is 3.77. The average Bonchev–Trinajstić information content (AvgIpc) is 3.20. The van der Waals surface area contributed by atoms with Crippen molar-refractivity contribution in [2.24, 2.45) is 0 Å². The van der Waals surface area contributed by atoms with Crippen molar-refractivity contribution in [3.8, 4) is 11.3 Å². The van der Waals surface area contributed by atoms with E-state index in [4.69, 9.17) is 4.42 Å². The summed E-state index contributed by atoms with van der Waals surface area (Å²) >= 11 is 0. The Balaban J connectivity index is 1.28. The lowest BCUT2D eigenvalue weighted by atomic mass is 9.83. The van der Waals surface area contributed by atoms with E-state index in [-0.39, 0.29) is 5.91 Å². The molecule has 0 saturated carbocycles. The summed E-state index contributed by atoms with van der Waals surface area (Å²) < 4.78 is 5.77. The van der Waals surface area contributed by atoms with Gasteiger partial charge in [0.15, 0.2) is 11.7 Å². The zero-order valence-corrected chi connectivity index (χ0v) is 15.4. The van der Waals surface area contributed by atoms with Crippen LogP contribution in [0.5, 0.6) is 0 Å². The number of carbonyl (C=O) groups is 1. The SMILES string of the molecule is O=C(CCc1ncc(-c2ccccc2)o1)NCC1CCCc2ccccc21. The van der Waals surface area contributed by atoms with Gasteiger partial charge in [0, 0.05) is 30.9 Å². The molecule has 0 radical (unpaired) electrons. The average molecular weight is 360 g/mol. The van der Waals surface area contributed by atoms with Gasteiger partial charge in [-0.05, 0) is 30.4 Å². The molecule has 1 atom stereocenters. The number of nitrogens with one attached hydrogen (secondary N) is 1. The quantitative estimate of drug-likeness (QED) is 0.704. The molecule has 0 spiro atoms. The van der Waals surface area contributed by atoms with E-state index < -0.39 is 0 Å². The zero-order chi connectivity index (χ0) is 18.5. The van der Waals surface area contributed by atoms with Gasteiger partial charge in [0.2, 0.25) is 5.91 Å². The van der Waals surface area contributed by atoms with Crippen LogP contribution in [0.4, 0.5) is 0 Å². The van der Waals surface area contributed by atoms with E-state index in [1.54, 1.807) is 6.20 Å². The first-order chi connectivity index (χ1) is 13.3. The van der Waals surface area contributed by atoms with Gasteiger partial charge in [0.05, 0.1) is 6.20 Å². The second-order valence-corrected chi connectivity index (χ2v) is 7.08. The molecular weight excluding hydrogens is 336 g/mol. The standard InChI is InChI=1S/C23H24N2O2/c26-22(24-15-19-11-6-10-17-7-4-5-12-20(17)19)13-14-23-25-16-21(27-23)18-8-2-1-3-9-18/h1-5,7-9,12,16,19H,6,10-11,13-15H2,(H,24,26). The Morgan fingerprint density at radius 2 is 1.93 bits per heavy atom. The number of aryl methyl sites for hydroxylation is 2. The third-order valence-electron chi connectivity index (χ3n) is 5.22. The lowest BCUT2D eigenvalue weighted by Crippen LogP contribution is -2.30. The van der Waals surface area contributed by atoms with Crippen LogP contribution in [0.1, 0.15) is 42.2 Å². The van der Waals surface area contributed by atoms with E-state index >= 15 is 0 Å². The predicted octanol–water partition coefficient (Wildman–Crippen LogP) is 4.51. The molecule has 3 aromatic rings. The van der Waals surface area contributed by atoms with Gasteiger partial charge in [-0.15, -0.1) is 0 Å². The number of benzene rings is 2. The molecule has 4 heteroatoms. The Labute approximate surface area is 159 Å². The van der Waals surface area contributed by atoms with Crippen LogP contribution < -0.4 is 5.32 Å². The Kier molecular flexibility index (Phi) is 5.33. The normalized spacial score (nSPS) is 15.9. The molecule has 0 saturated heterocycles. The highest BCUT2D eigenvalue weighted by molar-refractivity contribution is 5.76. The first kappa shape index (κ1) is 17.5. The second kappa shape index (κ2) is 8.21. The lowest BCUT2D eigenvalue weighted by molar-refractivity contribution is -0.121. The minimum atomic E-state index is 0.0533. The maximum atomic E-state index is 12.3. The number of fused-ring (bicyclic) bond motifs is 1. The zero-order valence-electron chi connectivity index (χ0n) is 15.4. The molecule has 27 heavy (non-hydrogen) atoms. The predicted molar refractivity (Wildman–Crippen MR) is 105 cm³/mol. The van der Waals surface area contributed by atoms with Crippen molar-refractivity contribution in [1.29, 1.82) is 0 Å². The maximum Gasteiger partial charge on any atom is 0.220 e. The second-order valence-electron chi connectivity index (χ2n) is 7.08. The largest absolute Gasteiger partial charge is 0.441 e. The Morgan fingerprint density at radius 3 is 2.81 bits per heavy atom. The Bertz CT molecular complexity index is 902. The van der Waals surface area contributed by atoms with Crippen molar-refractivity contribution in [1.82, 2.24) is 10.3 Å². The van der Waals surface area contributed by atoms with E-state index in [1.165, 1.54) is 17.5 Å². The molecule has 0 bridgehead atoms. The first-order valence-electron chi connectivity index (χ1n) is 9.64. The van der Waals surface area contributed by atoms with E-state index in [2.05, 4.69) is 34.6 Å². The molecule has 1 aromatic heterocycles. The topological polar surface area (TPSA) is 55.1 Å². The monoisotopic (exact) mass is 360 g/mol. The molecule has 0 fully saturated rings. The molecule has 1 aliphatic rings. The Hall–Kier alpha value is -2.88. The van der Waals surface area contributed by atoms with Crippen molar-refractivity contribution >= 4 is 5.91 Å². The van der Waals surface area contributed by atoms with Gasteiger partial charge >= 0.3 is 0 Å². The van der Waals surface area contributed by atoms with Crippen molar-refractivity contribution in [3.63, 3.8) is 0 Å². The molecular formula is C23H24N2O2. The van der Waals surface area contributed by atoms with E-state index in [0.717, 1.165) is 24.2 Å². The summed E-state index contributed by atoms with van der Waals surface area (Å²) in [6, 6.07) is 18.5. The van der Waals surface area contributed by atoms with Crippen LogP contribution in [-0.4, -0.2) is 17.4 Å². The Morgan fingerprint density at radius 1 is 1.11 bits per heavy atom. The third-order valence-corrected chi connectivity index (χ3v) is 5.22. The number of oxazole rings is 1. The highest BCUT2D eigenvalue weighted by Crippen LogP contribution is 2.30. The van der Waals surface area contributed by atoms with E-state index in [9.17, 15) is 4.79 Å². The van der Waals surface area contributed by atoms with Crippen LogP contribution in [0.25, 0.3) is 11.3 Å². The van der Waals surface area contributed by atoms with Crippen molar-refractivity contribution in [3.05, 3.63) is 77.8 Å². The van der Waals surface area contributed by atoms with Crippen molar-refractivity contribution in [2.75, 3.05) is 6.54 Å². The highest BCUT2D eigenvalue weighted by Gasteiger charge is 2.20. The van der Waals surface area contributed by atoms with Gasteiger partial charge in [0.25, 0.3) is 0 Å². The summed E-state index contributed by atoms with van der Waals surface area (Å²) in [4.78, 5) is 16.6. The summed E-state index contributed by atoms with van der Waals surface area (Å²) in [5, 5.41) is 3.09. The minimum Gasteiger partial charge on any atom is -0.441 e.